The lowest BCUT2D eigenvalue weighted by Crippen LogP contribution is -2.16. The van der Waals surface area contributed by atoms with E-state index < -0.39 is 0 Å². The molecule has 0 aliphatic rings. The van der Waals surface area contributed by atoms with Crippen LogP contribution in [0.5, 0.6) is 0 Å². The van der Waals surface area contributed by atoms with Crippen molar-refractivity contribution >= 4 is 11.6 Å². The molecule has 0 saturated heterocycles. The number of aromatic nitrogens is 4. The Morgan fingerprint density at radius 1 is 1.27 bits per heavy atom. The van der Waals surface area contributed by atoms with E-state index in [1.54, 1.807) is 10.8 Å². The van der Waals surface area contributed by atoms with Crippen molar-refractivity contribution in [2.24, 2.45) is 0 Å². The highest BCUT2D eigenvalue weighted by atomic mass is 15.4. The van der Waals surface area contributed by atoms with Crippen LogP contribution >= 0.6 is 0 Å². The molecule has 2 aromatic rings. The highest BCUT2D eigenvalue weighted by Gasteiger charge is 2.12. The first-order valence-electron chi connectivity index (χ1n) is 4.97. The summed E-state index contributed by atoms with van der Waals surface area (Å²) in [6.07, 6.45) is 3.44. The van der Waals surface area contributed by atoms with Crippen molar-refractivity contribution < 1.29 is 0 Å². The zero-order valence-corrected chi connectivity index (χ0v) is 9.47. The molecule has 0 radical (unpaired) electrons. The molecule has 0 unspecified atom stereocenters. The van der Waals surface area contributed by atoms with Gasteiger partial charge in [0, 0.05) is 25.9 Å². The first-order valence-corrected chi connectivity index (χ1v) is 4.97. The lowest BCUT2D eigenvalue weighted by Gasteiger charge is -2.14. The Labute approximate surface area is 88.8 Å². The second kappa shape index (κ2) is 3.49. The summed E-state index contributed by atoms with van der Waals surface area (Å²) < 4.78 is 1.77. The SMILES string of the molecule is CC(C)c1cnc(N(C)C)n2ncnc12. The molecule has 5 heteroatoms. The second-order valence-corrected chi connectivity index (χ2v) is 4.06. The smallest absolute Gasteiger partial charge is 0.228 e. The molecule has 5 nitrogen and oxygen atoms in total. The van der Waals surface area contributed by atoms with Gasteiger partial charge < -0.3 is 4.90 Å². The van der Waals surface area contributed by atoms with Crippen LogP contribution < -0.4 is 4.90 Å². The number of hydrogen-bond acceptors (Lipinski definition) is 4. The van der Waals surface area contributed by atoms with Crippen molar-refractivity contribution in [2.45, 2.75) is 19.8 Å². The van der Waals surface area contributed by atoms with Gasteiger partial charge in [-0.25, -0.2) is 9.97 Å². The largest absolute Gasteiger partial charge is 0.347 e. The van der Waals surface area contributed by atoms with Crippen molar-refractivity contribution in [1.82, 2.24) is 19.6 Å². The highest BCUT2D eigenvalue weighted by molar-refractivity contribution is 5.51. The van der Waals surface area contributed by atoms with E-state index in [1.165, 1.54) is 0 Å². The first kappa shape index (κ1) is 9.89. The molecule has 0 aliphatic heterocycles. The molecule has 2 heterocycles. The average Bonchev–Trinajstić information content (AvgIpc) is 2.63. The minimum absolute atomic E-state index is 0.403. The zero-order valence-electron chi connectivity index (χ0n) is 9.47. The molecule has 15 heavy (non-hydrogen) atoms. The maximum absolute atomic E-state index is 4.39. The van der Waals surface area contributed by atoms with Gasteiger partial charge in [0.2, 0.25) is 5.95 Å². The van der Waals surface area contributed by atoms with E-state index in [9.17, 15) is 0 Å². The zero-order chi connectivity index (χ0) is 11.0. The Balaban J connectivity index is 2.71. The standard InChI is InChI=1S/C10H15N5/c1-7(2)8-5-11-10(14(3)4)15-9(8)12-6-13-15/h5-7H,1-4H3. The summed E-state index contributed by atoms with van der Waals surface area (Å²) >= 11 is 0. The van der Waals surface area contributed by atoms with E-state index in [4.69, 9.17) is 0 Å². The molecule has 0 atom stereocenters. The number of nitrogens with zero attached hydrogens (tertiary/aromatic N) is 5. The van der Waals surface area contributed by atoms with E-state index in [1.807, 2.05) is 25.2 Å². The highest BCUT2D eigenvalue weighted by Crippen LogP contribution is 2.20. The summed E-state index contributed by atoms with van der Waals surface area (Å²) in [5.74, 6) is 1.20. The predicted molar refractivity (Wildman–Crippen MR) is 59.2 cm³/mol. The Hall–Kier alpha value is -1.65. The van der Waals surface area contributed by atoms with E-state index >= 15 is 0 Å². The van der Waals surface area contributed by atoms with Gasteiger partial charge in [-0.15, -0.1) is 0 Å². The van der Waals surface area contributed by atoms with Crippen LogP contribution in [-0.4, -0.2) is 33.7 Å². The Morgan fingerprint density at radius 2 is 2.00 bits per heavy atom. The molecule has 0 saturated carbocycles. The van der Waals surface area contributed by atoms with Gasteiger partial charge in [0.05, 0.1) is 0 Å². The number of anilines is 1. The minimum atomic E-state index is 0.403. The van der Waals surface area contributed by atoms with E-state index in [0.717, 1.165) is 17.2 Å². The molecule has 2 aromatic heterocycles. The fourth-order valence-corrected chi connectivity index (χ4v) is 1.54. The molecule has 0 N–H and O–H groups in total. The molecule has 2 rings (SSSR count). The van der Waals surface area contributed by atoms with Crippen LogP contribution in [0.1, 0.15) is 25.3 Å². The molecule has 0 aromatic carbocycles. The Bertz CT molecular complexity index is 430. The molecular weight excluding hydrogens is 190 g/mol. The van der Waals surface area contributed by atoms with Gasteiger partial charge in [-0.05, 0) is 5.92 Å². The fourth-order valence-electron chi connectivity index (χ4n) is 1.54. The van der Waals surface area contributed by atoms with Crippen LogP contribution in [0.15, 0.2) is 12.5 Å². The molecule has 0 amide bonds. The monoisotopic (exact) mass is 205 g/mol. The summed E-state index contributed by atoms with van der Waals surface area (Å²) in [6, 6.07) is 0. The summed E-state index contributed by atoms with van der Waals surface area (Å²) in [6.45, 7) is 4.25. The fraction of sp³-hybridized carbons (Fsp3) is 0.500. The van der Waals surface area contributed by atoms with Crippen LogP contribution in [0.4, 0.5) is 5.95 Å². The third kappa shape index (κ3) is 1.54. The van der Waals surface area contributed by atoms with Gasteiger partial charge in [-0.2, -0.15) is 9.61 Å². The molecule has 0 bridgehead atoms. The van der Waals surface area contributed by atoms with Crippen molar-refractivity contribution in [3.8, 4) is 0 Å². The quantitative estimate of drug-likeness (QED) is 0.741. The van der Waals surface area contributed by atoms with Crippen molar-refractivity contribution in [2.75, 3.05) is 19.0 Å². The van der Waals surface area contributed by atoms with Crippen LogP contribution in [0.2, 0.25) is 0 Å². The van der Waals surface area contributed by atoms with E-state index in [0.29, 0.717) is 5.92 Å². The Kier molecular flexibility index (Phi) is 2.30. The van der Waals surface area contributed by atoms with Crippen LogP contribution in [-0.2, 0) is 0 Å². The summed E-state index contributed by atoms with van der Waals surface area (Å²) in [5, 5.41) is 4.18. The summed E-state index contributed by atoms with van der Waals surface area (Å²) in [5.41, 5.74) is 2.02. The third-order valence-corrected chi connectivity index (χ3v) is 2.34. The van der Waals surface area contributed by atoms with Gasteiger partial charge in [-0.1, -0.05) is 13.8 Å². The summed E-state index contributed by atoms with van der Waals surface area (Å²) in [7, 11) is 3.89. The first-order chi connectivity index (χ1) is 7.11. The number of fused-ring (bicyclic) bond motifs is 1. The summed E-state index contributed by atoms with van der Waals surface area (Å²) in [4.78, 5) is 10.6. The number of rotatable bonds is 2. The number of hydrogen-bond donors (Lipinski definition) is 0. The maximum atomic E-state index is 4.39. The molecular formula is C10H15N5. The third-order valence-electron chi connectivity index (χ3n) is 2.34. The maximum Gasteiger partial charge on any atom is 0.228 e. The molecule has 80 valence electrons. The van der Waals surface area contributed by atoms with Crippen LogP contribution in [0.3, 0.4) is 0 Å². The van der Waals surface area contributed by atoms with Gasteiger partial charge in [0.25, 0.3) is 0 Å². The van der Waals surface area contributed by atoms with Crippen molar-refractivity contribution in [3.63, 3.8) is 0 Å². The predicted octanol–water partition coefficient (Wildman–Crippen LogP) is 1.31. The lowest BCUT2D eigenvalue weighted by molar-refractivity contribution is 0.815. The van der Waals surface area contributed by atoms with Crippen molar-refractivity contribution in [1.29, 1.82) is 0 Å². The Morgan fingerprint density at radius 3 is 2.60 bits per heavy atom. The van der Waals surface area contributed by atoms with E-state index in [-0.39, 0.29) is 0 Å². The van der Waals surface area contributed by atoms with Crippen LogP contribution in [0.25, 0.3) is 5.65 Å². The topological polar surface area (TPSA) is 46.3 Å². The van der Waals surface area contributed by atoms with Gasteiger partial charge in [0.1, 0.15) is 6.33 Å². The molecule has 0 spiro atoms. The van der Waals surface area contributed by atoms with E-state index in [2.05, 4.69) is 28.9 Å². The van der Waals surface area contributed by atoms with Gasteiger partial charge in [0.15, 0.2) is 5.65 Å². The van der Waals surface area contributed by atoms with Gasteiger partial charge in [-0.3, -0.25) is 0 Å². The van der Waals surface area contributed by atoms with Crippen LogP contribution in [0, 0.1) is 0 Å². The average molecular weight is 205 g/mol. The lowest BCUT2D eigenvalue weighted by atomic mass is 10.1. The normalized spacial score (nSPS) is 11.3. The second-order valence-electron chi connectivity index (χ2n) is 4.06. The molecule has 0 fully saturated rings. The van der Waals surface area contributed by atoms with Gasteiger partial charge >= 0.3 is 0 Å². The minimum Gasteiger partial charge on any atom is -0.347 e. The van der Waals surface area contributed by atoms with Crippen molar-refractivity contribution in [3.05, 3.63) is 18.1 Å². The molecule has 0 aliphatic carbocycles.